The number of carbonyl (C=O) groups excluding carboxylic acids is 1. The molecule has 1 amide bonds. The first-order chi connectivity index (χ1) is 22.3. The smallest absolute Gasteiger partial charge is 0.318 e. The minimum atomic E-state index is -0.256. The molecule has 46 heavy (non-hydrogen) atoms. The van der Waals surface area contributed by atoms with E-state index < -0.39 is 0 Å². The van der Waals surface area contributed by atoms with E-state index in [1.54, 1.807) is 4.90 Å². The van der Waals surface area contributed by atoms with Crippen LogP contribution in [0.4, 0.5) is 11.5 Å². The molecule has 1 saturated carbocycles. The van der Waals surface area contributed by atoms with E-state index in [9.17, 15) is 10.1 Å². The van der Waals surface area contributed by atoms with Gasteiger partial charge in [0.1, 0.15) is 12.4 Å². The number of amides is 1. The average molecular weight is 659 g/mol. The summed E-state index contributed by atoms with van der Waals surface area (Å²) >= 11 is 8.76. The van der Waals surface area contributed by atoms with Crippen LogP contribution in [0.15, 0.2) is 43.2 Å². The number of pyridine rings is 1. The molecular weight excluding hydrogens is 620 g/mol. The fraction of sp³-hybridized carbons (Fsp3) is 0.500. The van der Waals surface area contributed by atoms with E-state index in [1.807, 2.05) is 30.6 Å². The number of aromatic nitrogens is 3. The molecule has 3 fully saturated rings. The Kier molecular flexibility index (Phi) is 8.46. The summed E-state index contributed by atoms with van der Waals surface area (Å²) in [5.74, 6) is 1.52. The maximum atomic E-state index is 12.6. The SMILES string of the molecule is C=CC(=O)N1CCN(c2nc(OCCN(C)C3S[C@@]3(C)C3CC3)nc3c2CCN(c2cncc4cccc(Cl)c24)C3)C[C@@H]1CC#N. The van der Waals surface area contributed by atoms with Gasteiger partial charge < -0.3 is 19.4 Å². The molecule has 0 bridgehead atoms. The number of halogens is 1. The first-order valence-electron chi connectivity index (χ1n) is 16.0. The molecule has 0 radical (unpaired) electrons. The summed E-state index contributed by atoms with van der Waals surface area (Å²) in [6, 6.07) is 8.25. The quantitative estimate of drug-likeness (QED) is 0.221. The van der Waals surface area contributed by atoms with Crippen LogP contribution in [0.1, 0.15) is 37.4 Å². The first-order valence-corrected chi connectivity index (χ1v) is 17.3. The lowest BCUT2D eigenvalue weighted by atomic mass is 10.0. The van der Waals surface area contributed by atoms with Crippen molar-refractivity contribution in [2.75, 3.05) is 56.2 Å². The highest BCUT2D eigenvalue weighted by atomic mass is 35.5. The van der Waals surface area contributed by atoms with Crippen LogP contribution in [-0.4, -0.2) is 93.2 Å². The predicted molar refractivity (Wildman–Crippen MR) is 182 cm³/mol. The van der Waals surface area contributed by atoms with Gasteiger partial charge in [-0.25, -0.2) is 0 Å². The normalized spacial score (nSPS) is 24.1. The zero-order valence-corrected chi connectivity index (χ0v) is 27.9. The lowest BCUT2D eigenvalue weighted by Gasteiger charge is -2.42. The van der Waals surface area contributed by atoms with Gasteiger partial charge in [0.25, 0.3) is 0 Å². The number of piperazine rings is 1. The molecule has 1 aliphatic carbocycles. The fourth-order valence-corrected chi connectivity index (χ4v) is 8.93. The summed E-state index contributed by atoms with van der Waals surface area (Å²) in [6.07, 6.45) is 8.70. The van der Waals surface area contributed by atoms with Crippen molar-refractivity contribution in [3.63, 3.8) is 0 Å². The highest BCUT2D eigenvalue weighted by Crippen LogP contribution is 2.65. The minimum Gasteiger partial charge on any atom is -0.462 e. The molecule has 12 heteroatoms. The maximum absolute atomic E-state index is 12.6. The highest BCUT2D eigenvalue weighted by Gasteiger charge is 2.61. The summed E-state index contributed by atoms with van der Waals surface area (Å²) in [6.45, 7) is 10.2. The maximum Gasteiger partial charge on any atom is 0.318 e. The molecule has 3 aliphatic heterocycles. The van der Waals surface area contributed by atoms with Crippen LogP contribution in [0, 0.1) is 17.2 Å². The van der Waals surface area contributed by atoms with Gasteiger partial charge in [0.05, 0.1) is 53.1 Å². The van der Waals surface area contributed by atoms with Crippen molar-refractivity contribution in [2.45, 2.75) is 55.3 Å². The summed E-state index contributed by atoms with van der Waals surface area (Å²) in [4.78, 5) is 35.7. The standard InChI is InChI=1S/C34H39ClN8O2S/c1-4-29(44)43-15-14-42(20-24(43)10-12-36)31-25-11-13-41(28-19-37-18-22-6-5-7-26(35)30(22)28)21-27(25)38-33(39-31)45-17-16-40(3)32-34(2,46-32)23-8-9-23/h4-7,18-19,23-24,32H,1,8-11,13-17,20-21H2,2-3H3/t24-,32?,34-/m0/s1. The fourth-order valence-electron chi connectivity index (χ4n) is 7.15. The Balaban J connectivity index is 1.16. The topological polar surface area (TPSA) is 102 Å². The molecule has 2 aromatic heterocycles. The summed E-state index contributed by atoms with van der Waals surface area (Å²) < 4.78 is 6.67. The molecule has 1 unspecified atom stereocenters. The summed E-state index contributed by atoms with van der Waals surface area (Å²) in [5, 5.41) is 12.8. The zero-order valence-electron chi connectivity index (χ0n) is 26.4. The van der Waals surface area contributed by atoms with Gasteiger partial charge in [-0.2, -0.15) is 15.2 Å². The third-order valence-corrected chi connectivity index (χ3v) is 12.1. The molecule has 4 aliphatic rings. The second-order valence-corrected chi connectivity index (χ2v) is 14.8. The molecule has 240 valence electrons. The summed E-state index contributed by atoms with van der Waals surface area (Å²) in [7, 11) is 2.17. The number of anilines is 2. The number of benzene rings is 1. The van der Waals surface area contributed by atoms with E-state index in [4.69, 9.17) is 26.3 Å². The molecule has 0 spiro atoms. The second-order valence-electron chi connectivity index (χ2n) is 12.9. The van der Waals surface area contributed by atoms with Crippen LogP contribution < -0.4 is 14.5 Å². The van der Waals surface area contributed by atoms with Gasteiger partial charge in [-0.05, 0) is 51.3 Å². The molecule has 10 nitrogen and oxygen atoms in total. The molecule has 7 rings (SSSR count). The lowest BCUT2D eigenvalue weighted by Crippen LogP contribution is -2.55. The largest absolute Gasteiger partial charge is 0.462 e. The van der Waals surface area contributed by atoms with E-state index >= 15 is 0 Å². The van der Waals surface area contributed by atoms with Gasteiger partial charge in [0.2, 0.25) is 5.91 Å². The minimum absolute atomic E-state index is 0.151. The number of thioether (sulfide) groups is 1. The third-order valence-electron chi connectivity index (χ3n) is 9.90. The van der Waals surface area contributed by atoms with Crippen molar-refractivity contribution in [1.29, 1.82) is 5.26 Å². The number of carbonyl (C=O) groups is 1. The summed E-state index contributed by atoms with van der Waals surface area (Å²) in [5.41, 5.74) is 2.96. The van der Waals surface area contributed by atoms with Crippen LogP contribution in [-0.2, 0) is 17.8 Å². The Bertz CT molecular complexity index is 1710. The number of likely N-dealkylation sites (N-methyl/N-ethyl adjacent to an activating group) is 1. The first kappa shape index (κ1) is 31.0. The van der Waals surface area contributed by atoms with Gasteiger partial charge >= 0.3 is 6.01 Å². The Morgan fingerprint density at radius 1 is 1.26 bits per heavy atom. The van der Waals surface area contributed by atoms with Crippen molar-refractivity contribution >= 4 is 51.5 Å². The number of rotatable bonds is 10. The molecular formula is C34H39ClN8O2S. The molecule has 2 saturated heterocycles. The molecule has 3 atom stereocenters. The lowest BCUT2D eigenvalue weighted by molar-refractivity contribution is -0.128. The van der Waals surface area contributed by atoms with E-state index in [2.05, 4.69) is 58.1 Å². The Hall–Kier alpha value is -3.59. The van der Waals surface area contributed by atoms with Crippen LogP contribution in [0.3, 0.4) is 0 Å². The zero-order chi connectivity index (χ0) is 32.0. The van der Waals surface area contributed by atoms with Crippen molar-refractivity contribution in [3.8, 4) is 12.1 Å². The molecule has 0 N–H and O–H groups in total. The highest BCUT2D eigenvalue weighted by molar-refractivity contribution is 8.08. The van der Waals surface area contributed by atoms with E-state index in [0.29, 0.717) is 53.9 Å². The number of hydrogen-bond acceptors (Lipinski definition) is 10. The van der Waals surface area contributed by atoms with Gasteiger partial charge in [0, 0.05) is 60.0 Å². The van der Waals surface area contributed by atoms with Gasteiger partial charge in [-0.1, -0.05) is 30.3 Å². The molecule has 5 heterocycles. The van der Waals surface area contributed by atoms with Gasteiger partial charge in [0.15, 0.2) is 0 Å². The van der Waals surface area contributed by atoms with Crippen molar-refractivity contribution in [2.24, 2.45) is 5.92 Å². The number of nitrogens with zero attached hydrogens (tertiary/aromatic N) is 8. The Labute approximate surface area is 279 Å². The average Bonchev–Trinajstić information content (AvgIpc) is 4.00. The second kappa shape index (κ2) is 12.5. The van der Waals surface area contributed by atoms with Gasteiger partial charge in [-0.15, -0.1) is 11.8 Å². The van der Waals surface area contributed by atoms with Crippen LogP contribution in [0.25, 0.3) is 10.8 Å². The van der Waals surface area contributed by atoms with Crippen LogP contribution in [0.2, 0.25) is 5.02 Å². The van der Waals surface area contributed by atoms with Crippen LogP contribution >= 0.6 is 23.4 Å². The molecule has 1 aromatic carbocycles. The van der Waals surface area contributed by atoms with Crippen LogP contribution in [0.5, 0.6) is 6.01 Å². The Morgan fingerprint density at radius 3 is 2.89 bits per heavy atom. The number of hydrogen-bond donors (Lipinski definition) is 0. The van der Waals surface area contributed by atoms with E-state index in [-0.39, 0.29) is 18.4 Å². The van der Waals surface area contributed by atoms with Crippen molar-refractivity contribution < 1.29 is 9.53 Å². The Morgan fingerprint density at radius 2 is 2.11 bits per heavy atom. The number of nitriles is 1. The predicted octanol–water partition coefficient (Wildman–Crippen LogP) is 4.91. The van der Waals surface area contributed by atoms with E-state index in [0.717, 1.165) is 59.0 Å². The number of fused-ring (bicyclic) bond motifs is 2. The van der Waals surface area contributed by atoms with Crippen molar-refractivity contribution in [3.05, 3.63) is 59.5 Å². The van der Waals surface area contributed by atoms with E-state index in [1.165, 1.54) is 18.9 Å². The van der Waals surface area contributed by atoms with Gasteiger partial charge in [-0.3, -0.25) is 14.7 Å². The van der Waals surface area contributed by atoms with Crippen molar-refractivity contribution in [1.82, 2.24) is 24.8 Å². The number of ether oxygens (including phenoxy) is 1. The monoisotopic (exact) mass is 658 g/mol. The molecule has 3 aromatic rings. The third kappa shape index (κ3) is 5.87.